The average molecular weight is 325 g/mol. The summed E-state index contributed by atoms with van der Waals surface area (Å²) in [5, 5.41) is 4.17. The van der Waals surface area contributed by atoms with Crippen molar-refractivity contribution in [3.05, 3.63) is 29.3 Å². The number of piperazine rings is 1. The van der Waals surface area contributed by atoms with Crippen LogP contribution in [0.3, 0.4) is 0 Å². The Hall–Kier alpha value is -1.46. The van der Waals surface area contributed by atoms with E-state index in [1.807, 2.05) is 18.2 Å². The minimum Gasteiger partial charge on any atom is -0.383 e. The molecule has 1 aromatic rings. The molecule has 0 aliphatic carbocycles. The van der Waals surface area contributed by atoms with E-state index in [9.17, 15) is 0 Å². The van der Waals surface area contributed by atoms with Crippen molar-refractivity contribution in [1.82, 2.24) is 10.2 Å². The van der Waals surface area contributed by atoms with Crippen LogP contribution in [0.15, 0.2) is 29.3 Å². The van der Waals surface area contributed by atoms with E-state index in [0.717, 1.165) is 49.4 Å². The van der Waals surface area contributed by atoms with Gasteiger partial charge in [0, 0.05) is 39.8 Å². The van der Waals surface area contributed by atoms with Crippen molar-refractivity contribution in [2.75, 3.05) is 57.9 Å². The third-order valence-electron chi connectivity index (χ3n) is 3.66. The van der Waals surface area contributed by atoms with Crippen molar-refractivity contribution in [2.45, 2.75) is 6.92 Å². The van der Waals surface area contributed by atoms with Gasteiger partial charge in [0.25, 0.3) is 0 Å². The Morgan fingerprint density at radius 3 is 2.64 bits per heavy atom. The normalized spacial score (nSPS) is 16.0. The van der Waals surface area contributed by atoms with Gasteiger partial charge in [-0.1, -0.05) is 23.7 Å². The summed E-state index contributed by atoms with van der Waals surface area (Å²) in [5.41, 5.74) is 1.12. The molecule has 1 fully saturated rings. The lowest BCUT2D eigenvalue weighted by molar-refractivity contribution is 0.207. The number of nitrogens with one attached hydrogen (secondary N) is 1. The number of aliphatic imine (C=N–C) groups is 1. The van der Waals surface area contributed by atoms with E-state index >= 15 is 0 Å². The number of nitrogens with zero attached hydrogens (tertiary/aromatic N) is 3. The van der Waals surface area contributed by atoms with E-state index in [1.54, 1.807) is 7.11 Å². The molecule has 0 spiro atoms. The number of guanidine groups is 1. The zero-order valence-electron chi connectivity index (χ0n) is 13.4. The summed E-state index contributed by atoms with van der Waals surface area (Å²) >= 11 is 6.29. The molecule has 2 rings (SSSR count). The van der Waals surface area contributed by atoms with Gasteiger partial charge in [0.1, 0.15) is 0 Å². The zero-order chi connectivity index (χ0) is 15.8. The van der Waals surface area contributed by atoms with Crippen LogP contribution in [0, 0.1) is 0 Å². The van der Waals surface area contributed by atoms with Gasteiger partial charge in [-0.25, -0.2) is 0 Å². The van der Waals surface area contributed by atoms with E-state index in [1.165, 1.54) is 0 Å². The summed E-state index contributed by atoms with van der Waals surface area (Å²) in [4.78, 5) is 9.23. The largest absolute Gasteiger partial charge is 0.383 e. The number of ether oxygens (including phenoxy) is 1. The summed E-state index contributed by atoms with van der Waals surface area (Å²) in [6.07, 6.45) is 0. The molecule has 0 radical (unpaired) electrons. The summed E-state index contributed by atoms with van der Waals surface area (Å²) in [6, 6.07) is 8.02. The number of rotatable bonds is 5. The zero-order valence-corrected chi connectivity index (χ0v) is 14.1. The molecule has 1 saturated heterocycles. The minimum atomic E-state index is 0.647. The van der Waals surface area contributed by atoms with Crippen molar-refractivity contribution in [1.29, 1.82) is 0 Å². The summed E-state index contributed by atoms with van der Waals surface area (Å²) in [6.45, 7) is 8.05. The molecule has 1 heterocycles. The van der Waals surface area contributed by atoms with Gasteiger partial charge < -0.3 is 19.9 Å². The summed E-state index contributed by atoms with van der Waals surface area (Å²) in [7, 11) is 1.70. The van der Waals surface area contributed by atoms with E-state index in [0.29, 0.717) is 13.2 Å². The van der Waals surface area contributed by atoms with Crippen LogP contribution in [0.5, 0.6) is 0 Å². The molecule has 5 nitrogen and oxygen atoms in total. The van der Waals surface area contributed by atoms with Crippen molar-refractivity contribution >= 4 is 23.2 Å². The van der Waals surface area contributed by atoms with Crippen LogP contribution in [0.4, 0.5) is 5.69 Å². The molecule has 1 aliphatic rings. The maximum atomic E-state index is 6.29. The molecule has 0 bridgehead atoms. The molecule has 1 N–H and O–H groups in total. The first-order valence-corrected chi connectivity index (χ1v) is 8.15. The monoisotopic (exact) mass is 324 g/mol. The third-order valence-corrected chi connectivity index (χ3v) is 3.98. The maximum Gasteiger partial charge on any atom is 0.194 e. The average Bonchev–Trinajstić information content (AvgIpc) is 2.55. The first-order chi connectivity index (χ1) is 10.8. The first kappa shape index (κ1) is 16.9. The standard InChI is InChI=1S/C16H25ClN4O/c1-3-18-16(19-8-13-22-2)21-11-9-20(10-12-21)15-7-5-4-6-14(15)17/h4-7H,3,8-13H2,1-2H3,(H,18,19). The third kappa shape index (κ3) is 4.52. The highest BCUT2D eigenvalue weighted by molar-refractivity contribution is 6.33. The number of hydrogen-bond acceptors (Lipinski definition) is 3. The SMILES string of the molecule is CCNC(=NCCOC)N1CCN(c2ccccc2Cl)CC1. The van der Waals surface area contributed by atoms with Crippen LogP contribution >= 0.6 is 11.6 Å². The van der Waals surface area contributed by atoms with Gasteiger partial charge in [0.15, 0.2) is 5.96 Å². The van der Waals surface area contributed by atoms with Gasteiger partial charge in [-0.15, -0.1) is 0 Å². The Balaban J connectivity index is 1.95. The van der Waals surface area contributed by atoms with E-state index in [4.69, 9.17) is 16.3 Å². The lowest BCUT2D eigenvalue weighted by Crippen LogP contribution is -2.52. The number of methoxy groups -OCH3 is 1. The number of halogens is 1. The fraction of sp³-hybridized carbons (Fsp3) is 0.562. The van der Waals surface area contributed by atoms with Crippen LogP contribution in [-0.4, -0.2) is 63.8 Å². The topological polar surface area (TPSA) is 40.1 Å². The minimum absolute atomic E-state index is 0.647. The highest BCUT2D eigenvalue weighted by atomic mass is 35.5. The predicted molar refractivity (Wildman–Crippen MR) is 93.1 cm³/mol. The lowest BCUT2D eigenvalue weighted by atomic mass is 10.2. The second-order valence-electron chi connectivity index (χ2n) is 5.15. The number of anilines is 1. The number of benzene rings is 1. The molecule has 0 saturated carbocycles. The first-order valence-electron chi connectivity index (χ1n) is 7.78. The lowest BCUT2D eigenvalue weighted by Gasteiger charge is -2.38. The fourth-order valence-corrected chi connectivity index (χ4v) is 2.79. The van der Waals surface area contributed by atoms with E-state index in [2.05, 4.69) is 33.1 Å². The molecular formula is C16H25ClN4O. The van der Waals surface area contributed by atoms with Crippen molar-refractivity contribution in [2.24, 2.45) is 4.99 Å². The quantitative estimate of drug-likeness (QED) is 0.511. The Kier molecular flexibility index (Phi) is 6.80. The number of hydrogen-bond donors (Lipinski definition) is 1. The highest BCUT2D eigenvalue weighted by Gasteiger charge is 2.20. The van der Waals surface area contributed by atoms with E-state index < -0.39 is 0 Å². The summed E-state index contributed by atoms with van der Waals surface area (Å²) in [5.74, 6) is 0.971. The second kappa shape index (κ2) is 8.86. The van der Waals surface area contributed by atoms with Crippen LogP contribution in [0.1, 0.15) is 6.92 Å². The van der Waals surface area contributed by atoms with Crippen LogP contribution in [0.25, 0.3) is 0 Å². The Labute approximate surface area is 137 Å². The molecule has 0 unspecified atom stereocenters. The number of para-hydroxylation sites is 1. The second-order valence-corrected chi connectivity index (χ2v) is 5.56. The van der Waals surface area contributed by atoms with Crippen LogP contribution in [0.2, 0.25) is 5.02 Å². The Morgan fingerprint density at radius 2 is 2.00 bits per heavy atom. The molecule has 6 heteroatoms. The molecule has 122 valence electrons. The van der Waals surface area contributed by atoms with Gasteiger partial charge in [-0.2, -0.15) is 0 Å². The van der Waals surface area contributed by atoms with Crippen molar-refractivity contribution in [3.8, 4) is 0 Å². The predicted octanol–water partition coefficient (Wildman–Crippen LogP) is 2.07. The molecule has 22 heavy (non-hydrogen) atoms. The van der Waals surface area contributed by atoms with Crippen LogP contribution in [-0.2, 0) is 4.74 Å². The molecular weight excluding hydrogens is 300 g/mol. The Morgan fingerprint density at radius 1 is 1.27 bits per heavy atom. The molecule has 0 atom stereocenters. The maximum absolute atomic E-state index is 6.29. The summed E-state index contributed by atoms with van der Waals surface area (Å²) < 4.78 is 5.07. The van der Waals surface area contributed by atoms with Crippen LogP contribution < -0.4 is 10.2 Å². The Bertz CT molecular complexity index is 487. The van der Waals surface area contributed by atoms with Gasteiger partial charge >= 0.3 is 0 Å². The molecule has 1 aliphatic heterocycles. The highest BCUT2D eigenvalue weighted by Crippen LogP contribution is 2.25. The fourth-order valence-electron chi connectivity index (χ4n) is 2.54. The molecule has 0 amide bonds. The van der Waals surface area contributed by atoms with Gasteiger partial charge in [-0.3, -0.25) is 4.99 Å². The van der Waals surface area contributed by atoms with Gasteiger partial charge in [-0.05, 0) is 19.1 Å². The van der Waals surface area contributed by atoms with Crippen molar-refractivity contribution < 1.29 is 4.74 Å². The van der Waals surface area contributed by atoms with Gasteiger partial charge in [0.05, 0.1) is 23.9 Å². The van der Waals surface area contributed by atoms with Gasteiger partial charge in [0.2, 0.25) is 0 Å². The molecule has 1 aromatic carbocycles. The smallest absolute Gasteiger partial charge is 0.194 e. The molecule has 0 aromatic heterocycles. The van der Waals surface area contributed by atoms with E-state index in [-0.39, 0.29) is 0 Å². The van der Waals surface area contributed by atoms with Crippen molar-refractivity contribution in [3.63, 3.8) is 0 Å².